The molecule has 0 saturated heterocycles. The SMILES string of the molecule is CC(NCCOc1ccc(Br)cc1)C1CCCC1. The van der Waals surface area contributed by atoms with Crippen LogP contribution in [-0.2, 0) is 0 Å². The summed E-state index contributed by atoms with van der Waals surface area (Å²) in [5.74, 6) is 1.81. The quantitative estimate of drug-likeness (QED) is 0.802. The molecule has 1 fully saturated rings. The topological polar surface area (TPSA) is 21.3 Å². The Bertz CT molecular complexity index is 346. The highest BCUT2D eigenvalue weighted by Gasteiger charge is 2.20. The Kier molecular flexibility index (Phi) is 5.51. The standard InChI is InChI=1S/C15H22BrNO/c1-12(13-4-2-3-5-13)17-10-11-18-15-8-6-14(16)7-9-15/h6-9,12-13,17H,2-5,10-11H2,1H3. The van der Waals surface area contributed by atoms with Gasteiger partial charge in [0.15, 0.2) is 0 Å². The molecule has 1 aromatic carbocycles. The molecule has 100 valence electrons. The second kappa shape index (κ2) is 7.15. The number of halogens is 1. The lowest BCUT2D eigenvalue weighted by Gasteiger charge is -2.20. The first-order valence-corrected chi connectivity index (χ1v) is 7.67. The van der Waals surface area contributed by atoms with Gasteiger partial charge >= 0.3 is 0 Å². The molecule has 0 aliphatic heterocycles. The summed E-state index contributed by atoms with van der Waals surface area (Å²) in [7, 11) is 0. The molecule has 0 spiro atoms. The molecule has 1 unspecified atom stereocenters. The van der Waals surface area contributed by atoms with Crippen LogP contribution in [-0.4, -0.2) is 19.2 Å². The van der Waals surface area contributed by atoms with Gasteiger partial charge in [-0.2, -0.15) is 0 Å². The molecule has 0 aromatic heterocycles. The average Bonchev–Trinajstić information content (AvgIpc) is 2.90. The monoisotopic (exact) mass is 311 g/mol. The molecule has 1 N–H and O–H groups in total. The third kappa shape index (κ3) is 4.29. The summed E-state index contributed by atoms with van der Waals surface area (Å²) in [6.45, 7) is 3.96. The number of rotatable bonds is 6. The minimum Gasteiger partial charge on any atom is -0.492 e. The highest BCUT2D eigenvalue weighted by Crippen LogP contribution is 2.27. The number of hydrogen-bond acceptors (Lipinski definition) is 2. The third-order valence-corrected chi connectivity index (χ3v) is 4.29. The maximum atomic E-state index is 5.69. The number of nitrogens with one attached hydrogen (secondary N) is 1. The minimum atomic E-state index is 0.626. The maximum absolute atomic E-state index is 5.69. The fraction of sp³-hybridized carbons (Fsp3) is 0.600. The summed E-state index contributed by atoms with van der Waals surface area (Å²) in [5, 5.41) is 3.57. The average molecular weight is 312 g/mol. The number of ether oxygens (including phenoxy) is 1. The Morgan fingerprint density at radius 1 is 1.28 bits per heavy atom. The summed E-state index contributed by atoms with van der Waals surface area (Å²) in [6, 6.07) is 8.61. The van der Waals surface area contributed by atoms with E-state index in [1.807, 2.05) is 24.3 Å². The molecule has 0 bridgehead atoms. The van der Waals surface area contributed by atoms with Crippen LogP contribution in [0.1, 0.15) is 32.6 Å². The van der Waals surface area contributed by atoms with Crippen molar-refractivity contribution in [1.82, 2.24) is 5.32 Å². The van der Waals surface area contributed by atoms with Gasteiger partial charge < -0.3 is 10.1 Å². The van der Waals surface area contributed by atoms with Gasteiger partial charge in [0, 0.05) is 17.1 Å². The van der Waals surface area contributed by atoms with Crippen molar-refractivity contribution in [3.05, 3.63) is 28.7 Å². The Hall–Kier alpha value is -0.540. The molecule has 1 aromatic rings. The first kappa shape index (κ1) is 13.9. The van der Waals surface area contributed by atoms with Gasteiger partial charge in [0.25, 0.3) is 0 Å². The van der Waals surface area contributed by atoms with Gasteiger partial charge in [-0.1, -0.05) is 28.8 Å². The Morgan fingerprint density at radius 3 is 2.61 bits per heavy atom. The molecule has 3 heteroatoms. The van der Waals surface area contributed by atoms with Crippen LogP contribution in [0.15, 0.2) is 28.7 Å². The van der Waals surface area contributed by atoms with Gasteiger partial charge in [-0.3, -0.25) is 0 Å². The van der Waals surface area contributed by atoms with Crippen molar-refractivity contribution < 1.29 is 4.74 Å². The molecule has 1 aliphatic carbocycles. The fourth-order valence-electron chi connectivity index (χ4n) is 2.61. The van der Waals surface area contributed by atoms with Gasteiger partial charge in [0.1, 0.15) is 12.4 Å². The molecular weight excluding hydrogens is 290 g/mol. The normalized spacial score (nSPS) is 17.9. The van der Waals surface area contributed by atoms with E-state index in [1.165, 1.54) is 25.7 Å². The van der Waals surface area contributed by atoms with E-state index in [9.17, 15) is 0 Å². The Balaban J connectivity index is 1.62. The maximum Gasteiger partial charge on any atom is 0.119 e. The number of hydrogen-bond donors (Lipinski definition) is 1. The van der Waals surface area contributed by atoms with Crippen molar-refractivity contribution in [1.29, 1.82) is 0 Å². The second-order valence-electron chi connectivity index (χ2n) is 5.09. The van der Waals surface area contributed by atoms with Crippen LogP contribution in [0.3, 0.4) is 0 Å². The van der Waals surface area contributed by atoms with E-state index in [-0.39, 0.29) is 0 Å². The lowest BCUT2D eigenvalue weighted by molar-refractivity contribution is 0.290. The predicted molar refractivity (Wildman–Crippen MR) is 79.1 cm³/mol. The van der Waals surface area contributed by atoms with Gasteiger partial charge in [-0.05, 0) is 49.9 Å². The highest BCUT2D eigenvalue weighted by atomic mass is 79.9. The molecule has 0 heterocycles. The first-order valence-electron chi connectivity index (χ1n) is 6.87. The molecule has 2 nitrogen and oxygen atoms in total. The van der Waals surface area contributed by atoms with Gasteiger partial charge in [0.05, 0.1) is 0 Å². The van der Waals surface area contributed by atoms with E-state index in [0.717, 1.165) is 29.3 Å². The predicted octanol–water partition coefficient (Wildman–Crippen LogP) is 4.00. The van der Waals surface area contributed by atoms with Crippen LogP contribution < -0.4 is 10.1 Å². The van der Waals surface area contributed by atoms with Crippen LogP contribution >= 0.6 is 15.9 Å². The summed E-state index contributed by atoms with van der Waals surface area (Å²) in [5.41, 5.74) is 0. The highest BCUT2D eigenvalue weighted by molar-refractivity contribution is 9.10. The Labute approximate surface area is 118 Å². The molecule has 1 atom stereocenters. The van der Waals surface area contributed by atoms with Crippen LogP contribution in [0.5, 0.6) is 5.75 Å². The molecule has 0 radical (unpaired) electrons. The van der Waals surface area contributed by atoms with Crippen molar-refractivity contribution in [3.63, 3.8) is 0 Å². The van der Waals surface area contributed by atoms with E-state index in [4.69, 9.17) is 4.74 Å². The molecule has 1 saturated carbocycles. The first-order chi connectivity index (χ1) is 8.75. The van der Waals surface area contributed by atoms with Crippen molar-refractivity contribution in [3.8, 4) is 5.75 Å². The third-order valence-electron chi connectivity index (χ3n) is 3.76. The van der Waals surface area contributed by atoms with Gasteiger partial charge in [-0.15, -0.1) is 0 Å². The van der Waals surface area contributed by atoms with E-state index in [1.54, 1.807) is 0 Å². The van der Waals surface area contributed by atoms with E-state index < -0.39 is 0 Å². The zero-order valence-corrected chi connectivity index (χ0v) is 12.6. The largest absolute Gasteiger partial charge is 0.492 e. The molecule has 1 aliphatic rings. The van der Waals surface area contributed by atoms with Crippen LogP contribution in [0.2, 0.25) is 0 Å². The van der Waals surface area contributed by atoms with Crippen molar-refractivity contribution >= 4 is 15.9 Å². The van der Waals surface area contributed by atoms with Crippen molar-refractivity contribution in [2.75, 3.05) is 13.2 Å². The lowest BCUT2D eigenvalue weighted by atomic mass is 10.00. The zero-order chi connectivity index (χ0) is 12.8. The minimum absolute atomic E-state index is 0.626. The van der Waals surface area contributed by atoms with Crippen molar-refractivity contribution in [2.45, 2.75) is 38.6 Å². The van der Waals surface area contributed by atoms with Gasteiger partial charge in [-0.25, -0.2) is 0 Å². The van der Waals surface area contributed by atoms with E-state index in [2.05, 4.69) is 28.2 Å². The van der Waals surface area contributed by atoms with Crippen molar-refractivity contribution in [2.24, 2.45) is 5.92 Å². The molecule has 0 amide bonds. The van der Waals surface area contributed by atoms with Crippen LogP contribution in [0.4, 0.5) is 0 Å². The summed E-state index contributed by atoms with van der Waals surface area (Å²) in [4.78, 5) is 0. The summed E-state index contributed by atoms with van der Waals surface area (Å²) < 4.78 is 6.78. The van der Waals surface area contributed by atoms with E-state index in [0.29, 0.717) is 6.04 Å². The number of benzene rings is 1. The van der Waals surface area contributed by atoms with Gasteiger partial charge in [0.2, 0.25) is 0 Å². The molecule has 2 rings (SSSR count). The summed E-state index contributed by atoms with van der Waals surface area (Å²) >= 11 is 3.42. The van der Waals surface area contributed by atoms with Crippen LogP contribution in [0.25, 0.3) is 0 Å². The zero-order valence-electron chi connectivity index (χ0n) is 11.0. The Morgan fingerprint density at radius 2 is 1.94 bits per heavy atom. The smallest absolute Gasteiger partial charge is 0.119 e. The fourth-order valence-corrected chi connectivity index (χ4v) is 2.87. The molecule has 18 heavy (non-hydrogen) atoms. The lowest BCUT2D eigenvalue weighted by Crippen LogP contribution is -2.35. The second-order valence-corrected chi connectivity index (χ2v) is 6.01. The summed E-state index contributed by atoms with van der Waals surface area (Å²) in [6.07, 6.45) is 5.60. The molecular formula is C15H22BrNO. The van der Waals surface area contributed by atoms with E-state index >= 15 is 0 Å². The van der Waals surface area contributed by atoms with Crippen LogP contribution in [0, 0.1) is 5.92 Å².